The van der Waals surface area contributed by atoms with Crippen LogP contribution in [-0.4, -0.2) is 47.9 Å². The van der Waals surface area contributed by atoms with Gasteiger partial charge in [0, 0.05) is 23.7 Å². The Morgan fingerprint density at radius 3 is 2.46 bits per heavy atom. The van der Waals surface area contributed by atoms with Gasteiger partial charge in [0.2, 0.25) is 11.8 Å². The van der Waals surface area contributed by atoms with E-state index in [4.69, 9.17) is 21.1 Å². The lowest BCUT2D eigenvalue weighted by Gasteiger charge is -2.32. The zero-order chi connectivity index (χ0) is 26.4. The fourth-order valence-corrected chi connectivity index (χ4v) is 4.97. The number of benzene rings is 3. The van der Waals surface area contributed by atoms with Gasteiger partial charge in [-0.1, -0.05) is 29.4 Å². The maximum atomic E-state index is 13.4. The van der Waals surface area contributed by atoms with Crippen LogP contribution in [-0.2, 0) is 16.0 Å². The molecule has 1 unspecified atom stereocenters. The van der Waals surface area contributed by atoms with Crippen LogP contribution in [0.2, 0.25) is 5.02 Å². The number of anilines is 1. The Hall–Kier alpha value is -3.56. The molecule has 1 aliphatic heterocycles. The van der Waals surface area contributed by atoms with E-state index in [1.165, 1.54) is 36.0 Å². The third kappa shape index (κ3) is 6.81. The number of amidine groups is 1. The van der Waals surface area contributed by atoms with Crippen molar-refractivity contribution in [1.82, 2.24) is 4.90 Å². The van der Waals surface area contributed by atoms with Crippen molar-refractivity contribution in [3.8, 4) is 11.5 Å². The van der Waals surface area contributed by atoms with E-state index in [2.05, 4.69) is 10.3 Å². The number of thioether (sulfide) groups is 1. The van der Waals surface area contributed by atoms with Gasteiger partial charge in [0.1, 0.15) is 11.1 Å². The SMILES string of the molecule is COc1ccc(CCN2C(=O)CC(C(=O)Nc3ccc(Cl)cc3)SC2=Nc2ccc(F)cc2)cc1OC. The van der Waals surface area contributed by atoms with Crippen LogP contribution in [0.15, 0.2) is 71.7 Å². The molecule has 1 heterocycles. The first-order valence-corrected chi connectivity index (χ1v) is 12.7. The third-order valence-electron chi connectivity index (χ3n) is 5.67. The Bertz CT molecular complexity index is 1300. The lowest BCUT2D eigenvalue weighted by Crippen LogP contribution is -2.46. The molecule has 37 heavy (non-hydrogen) atoms. The largest absolute Gasteiger partial charge is 0.493 e. The number of aliphatic imine (C=N–C) groups is 1. The van der Waals surface area contributed by atoms with Crippen LogP contribution in [0.1, 0.15) is 12.0 Å². The minimum atomic E-state index is -0.681. The third-order valence-corrected chi connectivity index (χ3v) is 7.11. The van der Waals surface area contributed by atoms with Gasteiger partial charge in [0.15, 0.2) is 16.7 Å². The van der Waals surface area contributed by atoms with Crippen molar-refractivity contribution in [3.05, 3.63) is 83.1 Å². The molecule has 1 aliphatic rings. The first-order valence-electron chi connectivity index (χ1n) is 11.4. The normalized spacial score (nSPS) is 16.5. The molecule has 0 bridgehead atoms. The van der Waals surface area contributed by atoms with Gasteiger partial charge in [0.05, 0.1) is 19.9 Å². The van der Waals surface area contributed by atoms with E-state index in [0.29, 0.717) is 46.0 Å². The molecule has 1 atom stereocenters. The van der Waals surface area contributed by atoms with E-state index in [1.807, 2.05) is 18.2 Å². The second-order valence-electron chi connectivity index (χ2n) is 8.16. The number of nitrogens with zero attached hydrogens (tertiary/aromatic N) is 2. The number of hydrogen-bond donors (Lipinski definition) is 1. The highest BCUT2D eigenvalue weighted by Gasteiger charge is 2.35. The number of halogens is 2. The molecule has 0 radical (unpaired) electrons. The van der Waals surface area contributed by atoms with Crippen LogP contribution in [0.25, 0.3) is 0 Å². The van der Waals surface area contributed by atoms with E-state index in [0.717, 1.165) is 5.56 Å². The first-order chi connectivity index (χ1) is 17.9. The van der Waals surface area contributed by atoms with Crippen molar-refractivity contribution in [2.45, 2.75) is 18.1 Å². The monoisotopic (exact) mass is 541 g/mol. The Balaban J connectivity index is 1.55. The lowest BCUT2D eigenvalue weighted by molar-refractivity contribution is -0.129. The Labute approximate surface area is 223 Å². The van der Waals surface area contributed by atoms with Crippen molar-refractivity contribution in [1.29, 1.82) is 0 Å². The van der Waals surface area contributed by atoms with Gasteiger partial charge in [-0.2, -0.15) is 0 Å². The molecule has 7 nitrogen and oxygen atoms in total. The van der Waals surface area contributed by atoms with Crippen LogP contribution in [0.5, 0.6) is 11.5 Å². The van der Waals surface area contributed by atoms with Gasteiger partial charge < -0.3 is 14.8 Å². The second-order valence-corrected chi connectivity index (χ2v) is 9.77. The Kier molecular flexibility index (Phi) is 8.68. The summed E-state index contributed by atoms with van der Waals surface area (Å²) in [6.45, 7) is 0.340. The lowest BCUT2D eigenvalue weighted by atomic mass is 10.1. The summed E-state index contributed by atoms with van der Waals surface area (Å²) in [5.74, 6) is 0.285. The fourth-order valence-electron chi connectivity index (χ4n) is 3.72. The molecule has 0 aliphatic carbocycles. The molecular formula is C27H25ClFN3O4S. The molecule has 192 valence electrons. The van der Waals surface area contributed by atoms with E-state index < -0.39 is 5.25 Å². The Morgan fingerprint density at radius 2 is 1.78 bits per heavy atom. The maximum absolute atomic E-state index is 13.4. The predicted molar refractivity (Wildman–Crippen MR) is 145 cm³/mol. The summed E-state index contributed by atoms with van der Waals surface area (Å²) in [7, 11) is 3.13. The fraction of sp³-hybridized carbons (Fsp3) is 0.222. The van der Waals surface area contributed by atoms with Crippen LogP contribution >= 0.6 is 23.4 Å². The van der Waals surface area contributed by atoms with Crippen molar-refractivity contribution >= 4 is 51.7 Å². The average Bonchev–Trinajstić information content (AvgIpc) is 2.90. The van der Waals surface area contributed by atoms with Gasteiger partial charge in [-0.05, 0) is 72.6 Å². The Morgan fingerprint density at radius 1 is 1.08 bits per heavy atom. The molecule has 1 fully saturated rings. The highest BCUT2D eigenvalue weighted by atomic mass is 35.5. The summed E-state index contributed by atoms with van der Waals surface area (Å²) in [5.41, 5.74) is 2.00. The molecular weight excluding hydrogens is 517 g/mol. The van der Waals surface area contributed by atoms with E-state index in [9.17, 15) is 14.0 Å². The molecule has 0 aromatic heterocycles. The number of carbonyl (C=O) groups excluding carboxylic acids is 2. The van der Waals surface area contributed by atoms with Crippen LogP contribution in [0.3, 0.4) is 0 Å². The molecule has 2 amide bonds. The smallest absolute Gasteiger partial charge is 0.238 e. The standard InChI is InChI=1S/C27H25ClFN3O4S/c1-35-22-12-3-17(15-23(22)36-2)13-14-32-25(33)16-24(26(34)30-20-8-4-18(28)5-9-20)37-27(32)31-21-10-6-19(29)7-11-21/h3-12,15,24H,13-14,16H2,1-2H3,(H,30,34). The minimum Gasteiger partial charge on any atom is -0.493 e. The zero-order valence-corrected chi connectivity index (χ0v) is 21.8. The first kappa shape index (κ1) is 26.5. The summed E-state index contributed by atoms with van der Waals surface area (Å²) < 4.78 is 24.1. The van der Waals surface area contributed by atoms with Crippen LogP contribution in [0, 0.1) is 5.82 Å². The van der Waals surface area contributed by atoms with Crippen molar-refractivity contribution in [2.24, 2.45) is 4.99 Å². The molecule has 1 saturated heterocycles. The molecule has 0 spiro atoms. The van der Waals surface area contributed by atoms with Gasteiger partial charge in [-0.3, -0.25) is 14.5 Å². The van der Waals surface area contributed by atoms with E-state index in [-0.39, 0.29) is 24.1 Å². The van der Waals surface area contributed by atoms with Crippen LogP contribution < -0.4 is 14.8 Å². The summed E-state index contributed by atoms with van der Waals surface area (Å²) in [4.78, 5) is 32.4. The van der Waals surface area contributed by atoms with Crippen molar-refractivity contribution in [3.63, 3.8) is 0 Å². The number of carbonyl (C=O) groups is 2. The van der Waals surface area contributed by atoms with Gasteiger partial charge in [-0.25, -0.2) is 9.38 Å². The topological polar surface area (TPSA) is 80.2 Å². The number of hydrogen-bond acceptors (Lipinski definition) is 6. The number of methoxy groups -OCH3 is 2. The number of amides is 2. The number of nitrogens with one attached hydrogen (secondary N) is 1. The zero-order valence-electron chi connectivity index (χ0n) is 20.2. The summed E-state index contributed by atoms with van der Waals surface area (Å²) in [5, 5.41) is 3.08. The molecule has 10 heteroatoms. The highest BCUT2D eigenvalue weighted by molar-refractivity contribution is 8.15. The van der Waals surface area contributed by atoms with Crippen molar-refractivity contribution in [2.75, 3.05) is 26.1 Å². The molecule has 1 N–H and O–H groups in total. The molecule has 3 aromatic rings. The van der Waals surface area contributed by atoms with E-state index in [1.54, 1.807) is 43.4 Å². The summed E-state index contributed by atoms with van der Waals surface area (Å²) >= 11 is 7.12. The number of ether oxygens (including phenoxy) is 2. The molecule has 3 aromatic carbocycles. The van der Waals surface area contributed by atoms with Crippen LogP contribution in [0.4, 0.5) is 15.8 Å². The molecule has 4 rings (SSSR count). The predicted octanol–water partition coefficient (Wildman–Crippen LogP) is 5.70. The summed E-state index contributed by atoms with van der Waals surface area (Å²) in [6, 6.07) is 18.0. The maximum Gasteiger partial charge on any atom is 0.238 e. The number of rotatable bonds is 8. The quantitative estimate of drug-likeness (QED) is 0.396. The summed E-state index contributed by atoms with van der Waals surface area (Å²) in [6.07, 6.45) is 0.537. The minimum absolute atomic E-state index is 0.0124. The van der Waals surface area contributed by atoms with Crippen molar-refractivity contribution < 1.29 is 23.5 Å². The van der Waals surface area contributed by atoms with Gasteiger partial charge in [-0.15, -0.1) is 0 Å². The van der Waals surface area contributed by atoms with Gasteiger partial charge >= 0.3 is 0 Å². The average molecular weight is 542 g/mol. The van der Waals surface area contributed by atoms with E-state index >= 15 is 0 Å². The van der Waals surface area contributed by atoms with Gasteiger partial charge in [0.25, 0.3) is 0 Å². The highest BCUT2D eigenvalue weighted by Crippen LogP contribution is 2.31. The second kappa shape index (κ2) is 12.1. The molecule has 0 saturated carbocycles.